The lowest BCUT2D eigenvalue weighted by molar-refractivity contribution is 0.0876. The van der Waals surface area contributed by atoms with Gasteiger partial charge in [-0.3, -0.25) is 38.4 Å². The largest absolute Gasteiger partial charge is 0.496 e. The molecule has 0 atom stereocenters. The highest BCUT2D eigenvalue weighted by molar-refractivity contribution is 6.41. The number of hydrogen-bond donors (Lipinski definition) is 0. The highest BCUT2D eigenvalue weighted by atomic mass is 16.5. The number of fused-ring (bicyclic) bond motifs is 1. The zero-order chi connectivity index (χ0) is 58.0. The molecule has 11 aromatic carbocycles. The molecular weight excluding hydrogens is 1060 g/mol. The van der Waals surface area contributed by atoms with Crippen molar-refractivity contribution < 1.29 is 57.3 Å². The first-order chi connectivity index (χ1) is 40.9. The second-order valence-corrected chi connectivity index (χ2v) is 20.1. The number of rotatable bonds is 8. The minimum absolute atomic E-state index is 0.321. The molecule has 0 N–H and O–H groups in total. The molecule has 8 amide bonds. The third kappa shape index (κ3) is 7.13. The Morgan fingerprint density at radius 3 is 0.702 bits per heavy atom. The molecule has 0 fully saturated rings. The second-order valence-electron chi connectivity index (χ2n) is 20.1. The maximum Gasteiger partial charge on any atom is 0.266 e. The molecule has 4 aliphatic rings. The van der Waals surface area contributed by atoms with Gasteiger partial charge in [0, 0.05) is 98.4 Å². The normalized spacial score (nSPS) is 14.3. The number of ether oxygens (including phenoxy) is 4. The molecule has 0 radical (unpaired) electrons. The smallest absolute Gasteiger partial charge is 0.266 e. The van der Waals surface area contributed by atoms with Crippen LogP contribution in [0.25, 0.3) is 53.9 Å². The maximum absolute atomic E-state index is 14.0. The lowest BCUT2D eigenvalue weighted by Gasteiger charge is -2.31. The van der Waals surface area contributed by atoms with Crippen molar-refractivity contribution in [1.82, 2.24) is 0 Å². The van der Waals surface area contributed by atoms with Crippen LogP contribution >= 0.6 is 0 Å². The number of carbonyl (C=O) groups excluding carboxylic acids is 8. The number of carbonyl (C=O) groups is 8. The van der Waals surface area contributed by atoms with E-state index < -0.39 is 47.3 Å². The van der Waals surface area contributed by atoms with Gasteiger partial charge in [-0.25, -0.2) is 19.6 Å². The molecule has 0 aromatic heterocycles. The number of anilines is 4. The van der Waals surface area contributed by atoms with Gasteiger partial charge >= 0.3 is 0 Å². The molecular formula is C68H42N4O12. The molecule has 15 rings (SSSR count). The fourth-order valence-electron chi connectivity index (χ4n) is 12.3. The van der Waals surface area contributed by atoms with Gasteiger partial charge in [-0.15, -0.1) is 0 Å². The zero-order valence-corrected chi connectivity index (χ0v) is 45.0. The summed E-state index contributed by atoms with van der Waals surface area (Å²) in [6, 6.07) is 51.1. The van der Waals surface area contributed by atoms with Crippen LogP contribution < -0.4 is 38.5 Å². The van der Waals surface area contributed by atoms with E-state index in [9.17, 15) is 38.4 Å². The highest BCUT2D eigenvalue weighted by Crippen LogP contribution is 2.45. The van der Waals surface area contributed by atoms with Crippen LogP contribution in [0.15, 0.2) is 182 Å². The standard InChI is InChI=1S/C36H22N2O6.C32H20N2O6/c1-43-29-17-13-25-31-21(29)9-5-11-23(31)33(39)37(35(25)41)27-15-16-28(20-8-4-3-7-19(20)27)38-34(40)24-12-6-10-22-30(44-2)18-14-26(32(22)24)36(38)42;1-39-25-15-13-23-27-19(25)5-3-7-21(27)29(35)33(31(23)37)17-9-11-18(12-10-17)34-30(36)22-8-4-6-20-26(40-2)16-14-24(28(20)22)32(34)38/h3-18H,1-2H3;3-16H,1-2H3. The van der Waals surface area contributed by atoms with E-state index in [1.165, 1.54) is 14.2 Å². The number of amides is 8. The topological polar surface area (TPSA) is 186 Å². The van der Waals surface area contributed by atoms with Crippen molar-refractivity contribution in [1.29, 1.82) is 0 Å². The average molecular weight is 1110 g/mol. The van der Waals surface area contributed by atoms with Crippen LogP contribution in [0.4, 0.5) is 22.7 Å². The third-order valence-corrected chi connectivity index (χ3v) is 16.1. The van der Waals surface area contributed by atoms with Gasteiger partial charge in [-0.2, -0.15) is 0 Å². The summed E-state index contributed by atoms with van der Waals surface area (Å²) < 4.78 is 21.8. The van der Waals surface area contributed by atoms with Gasteiger partial charge in [0.05, 0.1) is 51.2 Å². The summed E-state index contributed by atoms with van der Waals surface area (Å²) in [5.41, 5.74) is 4.40. The van der Waals surface area contributed by atoms with Gasteiger partial charge in [0.1, 0.15) is 23.0 Å². The minimum Gasteiger partial charge on any atom is -0.496 e. The first-order valence-electron chi connectivity index (χ1n) is 26.4. The fraction of sp³-hybridized carbons (Fsp3) is 0.0588. The first kappa shape index (κ1) is 50.7. The Hall–Kier alpha value is -11.5. The molecule has 84 heavy (non-hydrogen) atoms. The van der Waals surface area contributed by atoms with Crippen LogP contribution in [0.1, 0.15) is 82.9 Å². The Kier molecular flexibility index (Phi) is 11.5. The van der Waals surface area contributed by atoms with Crippen LogP contribution in [-0.2, 0) is 0 Å². The lowest BCUT2D eigenvalue weighted by Crippen LogP contribution is -2.41. The predicted octanol–water partition coefficient (Wildman–Crippen LogP) is 12.4. The van der Waals surface area contributed by atoms with E-state index in [1.807, 2.05) is 24.3 Å². The molecule has 0 bridgehead atoms. The van der Waals surface area contributed by atoms with Crippen LogP contribution in [0.2, 0.25) is 0 Å². The van der Waals surface area contributed by atoms with Crippen molar-refractivity contribution in [3.05, 3.63) is 226 Å². The van der Waals surface area contributed by atoms with Gasteiger partial charge in [-0.05, 0) is 109 Å². The van der Waals surface area contributed by atoms with E-state index in [0.717, 1.165) is 19.6 Å². The van der Waals surface area contributed by atoms with Crippen molar-refractivity contribution in [2.24, 2.45) is 0 Å². The molecule has 4 aliphatic heterocycles. The summed E-state index contributed by atoms with van der Waals surface area (Å²) in [5, 5.41) is 6.01. The maximum atomic E-state index is 14.0. The molecule has 0 saturated carbocycles. The van der Waals surface area contributed by atoms with Crippen molar-refractivity contribution >= 4 is 124 Å². The molecule has 0 aliphatic carbocycles. The van der Waals surface area contributed by atoms with Crippen LogP contribution in [0, 0.1) is 0 Å². The number of hydrogen-bond acceptors (Lipinski definition) is 12. The summed E-state index contributed by atoms with van der Waals surface area (Å²) >= 11 is 0. The van der Waals surface area contributed by atoms with Gasteiger partial charge in [0.2, 0.25) is 0 Å². The SMILES string of the molecule is COc1ccc2c3c(cccc13)C(=O)N(c1ccc(N3C(=O)c4cccc5c(OC)ccc(c45)C3=O)c3ccccc13)C2=O.COc1ccc2c3c(cccc13)C(=O)N(c1ccc(N3C(=O)c4cccc5c(OC)ccc(c45)C3=O)cc1)C2=O. The van der Waals surface area contributed by atoms with Crippen LogP contribution in [-0.4, -0.2) is 75.7 Å². The van der Waals surface area contributed by atoms with Crippen molar-refractivity contribution in [2.75, 3.05) is 48.0 Å². The van der Waals surface area contributed by atoms with E-state index in [1.54, 1.807) is 172 Å². The number of nitrogens with zero attached hydrogens (tertiary/aromatic N) is 4. The average Bonchev–Trinajstić information content (AvgIpc) is 2.05. The van der Waals surface area contributed by atoms with Crippen molar-refractivity contribution in [3.63, 3.8) is 0 Å². The molecule has 11 aromatic rings. The summed E-state index contributed by atoms with van der Waals surface area (Å²) in [4.78, 5) is 115. The molecule has 16 nitrogen and oxygen atoms in total. The van der Waals surface area contributed by atoms with Crippen molar-refractivity contribution in [3.8, 4) is 23.0 Å². The predicted molar refractivity (Wildman–Crippen MR) is 317 cm³/mol. The van der Waals surface area contributed by atoms with Gasteiger partial charge in [0.15, 0.2) is 0 Å². The van der Waals surface area contributed by atoms with Gasteiger partial charge < -0.3 is 18.9 Å². The fourth-order valence-corrected chi connectivity index (χ4v) is 12.3. The number of methoxy groups -OCH3 is 4. The van der Waals surface area contributed by atoms with E-state index in [2.05, 4.69) is 0 Å². The molecule has 4 heterocycles. The summed E-state index contributed by atoms with van der Waals surface area (Å²) in [7, 11) is 6.17. The van der Waals surface area contributed by atoms with E-state index >= 15 is 0 Å². The molecule has 0 spiro atoms. The third-order valence-electron chi connectivity index (χ3n) is 16.1. The minimum atomic E-state index is -0.473. The summed E-state index contributed by atoms with van der Waals surface area (Å²) in [6.07, 6.45) is 0. The van der Waals surface area contributed by atoms with Crippen LogP contribution in [0.5, 0.6) is 23.0 Å². The van der Waals surface area contributed by atoms with E-state index in [-0.39, 0.29) is 0 Å². The van der Waals surface area contributed by atoms with Gasteiger partial charge in [-0.1, -0.05) is 72.8 Å². The number of benzene rings is 11. The Balaban J connectivity index is 0.000000150. The van der Waals surface area contributed by atoms with E-state index in [0.29, 0.717) is 144 Å². The quantitative estimate of drug-likeness (QED) is 0.131. The van der Waals surface area contributed by atoms with E-state index in [4.69, 9.17) is 18.9 Å². The lowest BCUT2D eigenvalue weighted by atomic mass is 9.91. The Bertz CT molecular complexity index is 4490. The summed E-state index contributed by atoms with van der Waals surface area (Å²) in [6.45, 7) is 0. The Morgan fingerprint density at radius 2 is 0.452 bits per heavy atom. The molecule has 406 valence electrons. The number of imide groups is 4. The molecule has 0 saturated heterocycles. The van der Waals surface area contributed by atoms with Crippen molar-refractivity contribution in [2.45, 2.75) is 0 Å². The molecule has 16 heteroatoms. The Labute approximate surface area is 476 Å². The summed E-state index contributed by atoms with van der Waals surface area (Å²) in [5.74, 6) is -1.48. The zero-order valence-electron chi connectivity index (χ0n) is 45.0. The van der Waals surface area contributed by atoms with Crippen LogP contribution in [0.3, 0.4) is 0 Å². The Morgan fingerprint density at radius 1 is 0.226 bits per heavy atom. The molecule has 0 unspecified atom stereocenters. The second kappa shape index (κ2) is 19.1. The highest BCUT2D eigenvalue weighted by Gasteiger charge is 2.41. The monoisotopic (exact) mass is 1110 g/mol. The first-order valence-corrected chi connectivity index (χ1v) is 26.4. The van der Waals surface area contributed by atoms with Gasteiger partial charge in [0.25, 0.3) is 47.3 Å².